The molecule has 0 aliphatic heterocycles. The summed E-state index contributed by atoms with van der Waals surface area (Å²) in [6.07, 6.45) is 5.47. The molecule has 0 aromatic carbocycles. The molecule has 37 heavy (non-hydrogen) atoms. The molecule has 0 bridgehead atoms. The van der Waals surface area contributed by atoms with E-state index in [0.29, 0.717) is 18.9 Å². The summed E-state index contributed by atoms with van der Waals surface area (Å²) >= 11 is 0. The van der Waals surface area contributed by atoms with Crippen LogP contribution in [0.2, 0.25) is 0 Å². The van der Waals surface area contributed by atoms with Gasteiger partial charge in [-0.1, -0.05) is 13.8 Å². The van der Waals surface area contributed by atoms with Crippen molar-refractivity contribution in [2.75, 3.05) is 26.3 Å². The number of rotatable bonds is 7. The Kier molecular flexibility index (Phi) is 8.91. The zero-order valence-electron chi connectivity index (χ0n) is 22.7. The lowest BCUT2D eigenvalue weighted by Gasteiger charge is -2.60. The van der Waals surface area contributed by atoms with E-state index in [2.05, 4.69) is 12.2 Å². The lowest BCUT2D eigenvalue weighted by molar-refractivity contribution is -0.558. The van der Waals surface area contributed by atoms with Crippen LogP contribution in [0.15, 0.2) is 0 Å². The van der Waals surface area contributed by atoms with E-state index >= 15 is 0 Å². The third kappa shape index (κ3) is 5.24. The van der Waals surface area contributed by atoms with Crippen LogP contribution in [0.5, 0.6) is 0 Å². The highest BCUT2D eigenvalue weighted by atomic mass is 16.6. The summed E-state index contributed by atoms with van der Waals surface area (Å²) in [6, 6.07) is 0. The molecular weight excluding hydrogens is 480 g/mol. The van der Waals surface area contributed by atoms with E-state index in [1.807, 2.05) is 6.92 Å². The average molecular weight is 527 g/mol. The molecule has 8 atom stereocenters. The number of aliphatic hydroxyl groups is 4. The van der Waals surface area contributed by atoms with Crippen molar-refractivity contribution in [1.82, 2.24) is 5.32 Å². The number of nitrogens with one attached hydrogen (secondary N) is 1. The van der Waals surface area contributed by atoms with Crippen LogP contribution in [0.1, 0.15) is 79.1 Å². The van der Waals surface area contributed by atoms with Crippen LogP contribution in [-0.2, 0) is 9.59 Å². The highest BCUT2D eigenvalue weighted by Crippen LogP contribution is 2.67. The minimum atomic E-state index is -1.58. The molecule has 4 aliphatic rings. The minimum absolute atomic E-state index is 0.00773. The fraction of sp³-hybridized carbons (Fsp3) is 0.926. The standard InChI is InChI=1S/C21H32O5.C6H14N2O3/c1-19-7-5-13(23)9-12(19)3-4-14-15-6-8-21(26,17(25)11-22)20(15,2)10-16(24)18(14)19;1-6(2,8(10)11)5-7-3-4-9/h12-15,18,22-23,26H,3-11H2,1-2H3;7,9H,3-5H2,1-2H3/t12-,13-,14+,15+,18-,19+,20+,21+;/m1./s1. The van der Waals surface area contributed by atoms with Crippen LogP contribution >= 0.6 is 0 Å². The van der Waals surface area contributed by atoms with E-state index in [1.54, 1.807) is 0 Å². The Balaban J connectivity index is 0.000000295. The van der Waals surface area contributed by atoms with Gasteiger partial charge in [0.2, 0.25) is 5.54 Å². The Morgan fingerprint density at radius 2 is 1.84 bits per heavy atom. The van der Waals surface area contributed by atoms with Gasteiger partial charge in [0.15, 0.2) is 5.78 Å². The van der Waals surface area contributed by atoms with E-state index < -0.39 is 28.9 Å². The number of hydrogen-bond acceptors (Lipinski definition) is 9. The number of aliphatic hydroxyl groups excluding tert-OH is 3. The maximum atomic E-state index is 13.4. The Morgan fingerprint density at radius 1 is 1.16 bits per heavy atom. The van der Waals surface area contributed by atoms with Crippen molar-refractivity contribution in [2.45, 2.75) is 96.3 Å². The third-order valence-corrected chi connectivity index (χ3v) is 10.4. The second-order valence-electron chi connectivity index (χ2n) is 13.0. The summed E-state index contributed by atoms with van der Waals surface area (Å²) < 4.78 is 0. The predicted octanol–water partition coefficient (Wildman–Crippen LogP) is 1.49. The fourth-order valence-electron chi connectivity index (χ4n) is 8.18. The lowest BCUT2D eigenvalue weighted by atomic mass is 9.44. The van der Waals surface area contributed by atoms with Gasteiger partial charge in [-0.3, -0.25) is 19.7 Å². The Bertz CT molecular complexity index is 880. The smallest absolute Gasteiger partial charge is 0.229 e. The number of carbonyl (C=O) groups is 2. The van der Waals surface area contributed by atoms with Gasteiger partial charge in [-0.15, -0.1) is 0 Å². The van der Waals surface area contributed by atoms with Crippen molar-refractivity contribution in [2.24, 2.45) is 34.5 Å². The number of nitrogens with zero attached hydrogens (tertiary/aromatic N) is 1. The molecule has 0 radical (unpaired) electrons. The summed E-state index contributed by atoms with van der Waals surface area (Å²) in [5.74, 6) is 0.380. The van der Waals surface area contributed by atoms with Crippen molar-refractivity contribution in [3.63, 3.8) is 0 Å². The Morgan fingerprint density at radius 3 is 2.43 bits per heavy atom. The second kappa shape index (κ2) is 11.0. The Hall–Kier alpha value is -1.46. The van der Waals surface area contributed by atoms with E-state index in [9.17, 15) is 35.0 Å². The minimum Gasteiger partial charge on any atom is -0.395 e. The van der Waals surface area contributed by atoms with Crippen molar-refractivity contribution < 1.29 is 34.9 Å². The van der Waals surface area contributed by atoms with Crippen LogP contribution in [0.25, 0.3) is 0 Å². The summed E-state index contributed by atoms with van der Waals surface area (Å²) in [5.41, 5.74) is -3.35. The van der Waals surface area contributed by atoms with Crippen molar-refractivity contribution in [3.05, 3.63) is 10.1 Å². The van der Waals surface area contributed by atoms with Gasteiger partial charge in [-0.25, -0.2) is 0 Å². The van der Waals surface area contributed by atoms with Gasteiger partial charge in [-0.2, -0.15) is 0 Å². The van der Waals surface area contributed by atoms with Gasteiger partial charge in [0.1, 0.15) is 18.0 Å². The van der Waals surface area contributed by atoms with Gasteiger partial charge in [0, 0.05) is 43.1 Å². The van der Waals surface area contributed by atoms with Crippen molar-refractivity contribution in [1.29, 1.82) is 0 Å². The monoisotopic (exact) mass is 526 g/mol. The molecule has 0 saturated heterocycles. The number of hydrogen-bond donors (Lipinski definition) is 5. The predicted molar refractivity (Wildman–Crippen MR) is 136 cm³/mol. The fourth-order valence-corrected chi connectivity index (χ4v) is 8.18. The summed E-state index contributed by atoms with van der Waals surface area (Å²) in [5, 5.41) is 52.1. The van der Waals surface area contributed by atoms with Crippen molar-refractivity contribution in [3.8, 4) is 0 Å². The van der Waals surface area contributed by atoms with Gasteiger partial charge in [-0.05, 0) is 68.1 Å². The average Bonchev–Trinajstić information content (AvgIpc) is 3.10. The van der Waals surface area contributed by atoms with Crippen LogP contribution < -0.4 is 5.32 Å². The number of carbonyl (C=O) groups excluding carboxylic acids is 2. The first-order valence-corrected chi connectivity index (χ1v) is 13.7. The summed E-state index contributed by atoms with van der Waals surface area (Å²) in [7, 11) is 0. The first kappa shape index (κ1) is 30.1. The molecule has 4 saturated carbocycles. The molecule has 0 amide bonds. The number of nitro groups is 1. The molecule has 0 aromatic heterocycles. The van der Waals surface area contributed by atoms with Gasteiger partial charge >= 0.3 is 0 Å². The maximum absolute atomic E-state index is 13.4. The quantitative estimate of drug-likeness (QED) is 0.187. The molecule has 5 N–H and O–H groups in total. The summed E-state index contributed by atoms with van der Waals surface area (Å²) in [4.78, 5) is 35.7. The molecule has 0 spiro atoms. The Labute approximate surface area is 219 Å². The lowest BCUT2D eigenvalue weighted by Crippen LogP contribution is -2.62. The normalized spacial score (nSPS) is 41.1. The van der Waals surface area contributed by atoms with E-state index in [4.69, 9.17) is 5.11 Å². The topological polar surface area (TPSA) is 170 Å². The van der Waals surface area contributed by atoms with Gasteiger partial charge in [0.05, 0.1) is 19.3 Å². The highest BCUT2D eigenvalue weighted by molar-refractivity contribution is 5.92. The molecule has 0 heterocycles. The van der Waals surface area contributed by atoms with E-state index in [1.165, 1.54) is 13.8 Å². The maximum Gasteiger partial charge on any atom is 0.229 e. The second-order valence-corrected chi connectivity index (χ2v) is 13.0. The van der Waals surface area contributed by atoms with Gasteiger partial charge in [0.25, 0.3) is 0 Å². The highest BCUT2D eigenvalue weighted by Gasteiger charge is 2.68. The molecule has 212 valence electrons. The molecule has 10 nitrogen and oxygen atoms in total. The van der Waals surface area contributed by atoms with E-state index in [0.717, 1.165) is 38.5 Å². The first-order chi connectivity index (χ1) is 17.2. The summed E-state index contributed by atoms with van der Waals surface area (Å²) in [6.45, 7) is 7.23. The zero-order valence-corrected chi connectivity index (χ0v) is 22.7. The third-order valence-electron chi connectivity index (χ3n) is 10.4. The van der Waals surface area contributed by atoms with Crippen LogP contribution in [0.4, 0.5) is 0 Å². The molecule has 4 fully saturated rings. The van der Waals surface area contributed by atoms with Crippen molar-refractivity contribution >= 4 is 11.6 Å². The van der Waals surface area contributed by atoms with E-state index in [-0.39, 0.29) is 59.6 Å². The molecule has 4 rings (SSSR count). The SMILES string of the molecule is CC(C)(CNCCO)[N+](=O)[O-].C[C@]12CC[C@@H](O)C[C@H]1CC[C@@H]1[C@@H]2C(=O)C[C@@]2(C)[C@H]1CC[C@]2(O)C(=O)CO. The van der Waals surface area contributed by atoms with Crippen LogP contribution in [0, 0.1) is 44.6 Å². The molecule has 0 unspecified atom stereocenters. The molecule has 0 aromatic rings. The number of fused-ring (bicyclic) bond motifs is 5. The largest absolute Gasteiger partial charge is 0.395 e. The van der Waals surface area contributed by atoms with Gasteiger partial charge < -0.3 is 25.7 Å². The number of Topliss-reactive ketones (excluding diaryl/α,β-unsaturated/α-hetero) is 2. The van der Waals surface area contributed by atoms with Crippen LogP contribution in [0.3, 0.4) is 0 Å². The molecule has 4 aliphatic carbocycles. The molecular formula is C27H46N2O8. The first-order valence-electron chi connectivity index (χ1n) is 13.7. The zero-order chi connectivity index (χ0) is 27.8. The number of ketones is 2. The van der Waals surface area contributed by atoms with Crippen LogP contribution in [-0.4, -0.2) is 80.5 Å². The molecule has 10 heteroatoms.